The van der Waals surface area contributed by atoms with E-state index in [1.54, 1.807) is 12.1 Å². The molecular weight excluding hydrogens is 380 g/mol. The van der Waals surface area contributed by atoms with Crippen molar-refractivity contribution >= 4 is 10.8 Å². The number of aliphatic hydroxyl groups is 1. The Hall–Kier alpha value is -3.88. The summed E-state index contributed by atoms with van der Waals surface area (Å²) in [5.74, 6) is 0.237. The molecule has 1 aliphatic carbocycles. The van der Waals surface area contributed by atoms with Crippen LogP contribution in [-0.2, 0) is 5.60 Å². The molecule has 0 unspecified atom stereocenters. The zero-order valence-electron chi connectivity index (χ0n) is 16.8. The maximum atomic E-state index is 12.4. The fraction of sp³-hybridized carbons (Fsp3) is 0.0345. The highest BCUT2D eigenvalue weighted by molar-refractivity contribution is 6.01. The summed E-state index contributed by atoms with van der Waals surface area (Å²) >= 11 is 0. The van der Waals surface area contributed by atoms with Crippen molar-refractivity contribution in [3.8, 4) is 28.0 Å². The number of hydrogen-bond acceptors (Lipinski definition) is 2. The van der Waals surface area contributed by atoms with Crippen molar-refractivity contribution in [2.24, 2.45) is 0 Å². The second kappa shape index (κ2) is 6.56. The molecule has 6 rings (SSSR count). The minimum absolute atomic E-state index is 0.237. The van der Waals surface area contributed by atoms with E-state index in [1.807, 2.05) is 66.7 Å². The Morgan fingerprint density at radius 3 is 1.65 bits per heavy atom. The lowest BCUT2D eigenvalue weighted by Crippen LogP contribution is -2.26. The van der Waals surface area contributed by atoms with Gasteiger partial charge in [-0.3, -0.25) is 0 Å². The molecule has 2 nitrogen and oxygen atoms in total. The highest BCUT2D eigenvalue weighted by Gasteiger charge is 2.43. The Morgan fingerprint density at radius 2 is 1.00 bits per heavy atom. The molecule has 0 fully saturated rings. The molecule has 1 aliphatic rings. The van der Waals surface area contributed by atoms with Crippen LogP contribution in [0.25, 0.3) is 33.0 Å². The van der Waals surface area contributed by atoms with E-state index in [0.29, 0.717) is 0 Å². The van der Waals surface area contributed by atoms with Crippen molar-refractivity contribution in [1.82, 2.24) is 0 Å². The summed E-state index contributed by atoms with van der Waals surface area (Å²) in [6.07, 6.45) is 0. The summed E-state index contributed by atoms with van der Waals surface area (Å²) < 4.78 is 0. The number of phenols is 1. The van der Waals surface area contributed by atoms with Crippen molar-refractivity contribution in [2.45, 2.75) is 5.60 Å². The topological polar surface area (TPSA) is 40.5 Å². The van der Waals surface area contributed by atoms with E-state index in [1.165, 1.54) is 0 Å². The summed E-state index contributed by atoms with van der Waals surface area (Å²) in [5.41, 5.74) is 5.60. The molecule has 2 N–H and O–H groups in total. The largest absolute Gasteiger partial charge is 0.508 e. The number of rotatable bonds is 2. The third kappa shape index (κ3) is 2.49. The maximum absolute atomic E-state index is 12.4. The average Bonchev–Trinajstić information content (AvgIpc) is 3.09. The van der Waals surface area contributed by atoms with Crippen LogP contribution in [0.15, 0.2) is 109 Å². The van der Waals surface area contributed by atoms with Crippen molar-refractivity contribution in [1.29, 1.82) is 0 Å². The SMILES string of the molecule is Oc1ccc(-c2cccc3cccc(C4(O)c5ccccc5-c5ccccc54)c23)cc1. The van der Waals surface area contributed by atoms with Crippen molar-refractivity contribution < 1.29 is 10.2 Å². The number of phenolic OH excluding ortho intramolecular Hbond substituents is 1. The first-order chi connectivity index (χ1) is 15.2. The second-order valence-electron chi connectivity index (χ2n) is 8.06. The summed E-state index contributed by atoms with van der Waals surface area (Å²) in [4.78, 5) is 0. The van der Waals surface area contributed by atoms with Gasteiger partial charge in [0.1, 0.15) is 11.4 Å². The van der Waals surface area contributed by atoms with Crippen molar-refractivity contribution in [3.05, 3.63) is 126 Å². The summed E-state index contributed by atoms with van der Waals surface area (Å²) in [6.45, 7) is 0. The Balaban J connectivity index is 1.73. The van der Waals surface area contributed by atoms with E-state index in [4.69, 9.17) is 0 Å². The first kappa shape index (κ1) is 17.9. The molecule has 2 heteroatoms. The van der Waals surface area contributed by atoms with E-state index < -0.39 is 5.60 Å². The highest BCUT2D eigenvalue weighted by Crippen LogP contribution is 2.52. The molecule has 148 valence electrons. The van der Waals surface area contributed by atoms with E-state index >= 15 is 0 Å². The zero-order valence-corrected chi connectivity index (χ0v) is 16.8. The molecule has 0 saturated heterocycles. The van der Waals surface area contributed by atoms with Crippen LogP contribution in [0, 0.1) is 0 Å². The Labute approximate surface area is 180 Å². The van der Waals surface area contributed by atoms with Crippen LogP contribution in [0.5, 0.6) is 5.75 Å². The van der Waals surface area contributed by atoms with E-state index in [0.717, 1.165) is 49.7 Å². The molecule has 5 aromatic carbocycles. The Kier molecular flexibility index (Phi) is 3.80. The van der Waals surface area contributed by atoms with E-state index in [2.05, 4.69) is 30.3 Å². The maximum Gasteiger partial charge on any atom is 0.142 e. The lowest BCUT2D eigenvalue weighted by atomic mass is 9.80. The molecular formula is C29H20O2. The number of fused-ring (bicyclic) bond motifs is 4. The number of aromatic hydroxyl groups is 1. The Morgan fingerprint density at radius 1 is 0.484 bits per heavy atom. The first-order valence-electron chi connectivity index (χ1n) is 10.4. The molecule has 5 aromatic rings. The van der Waals surface area contributed by atoms with Crippen LogP contribution in [-0.4, -0.2) is 10.2 Å². The van der Waals surface area contributed by atoms with Gasteiger partial charge >= 0.3 is 0 Å². The van der Waals surface area contributed by atoms with E-state index in [-0.39, 0.29) is 5.75 Å². The molecule has 0 saturated carbocycles. The predicted molar refractivity (Wildman–Crippen MR) is 125 cm³/mol. The van der Waals surface area contributed by atoms with Gasteiger partial charge in [0.25, 0.3) is 0 Å². The van der Waals surface area contributed by atoms with E-state index in [9.17, 15) is 10.2 Å². The van der Waals surface area contributed by atoms with Gasteiger partial charge in [-0.1, -0.05) is 97.1 Å². The highest BCUT2D eigenvalue weighted by atomic mass is 16.3. The molecule has 0 atom stereocenters. The van der Waals surface area contributed by atoms with Crippen LogP contribution in [0.3, 0.4) is 0 Å². The third-order valence-electron chi connectivity index (χ3n) is 6.40. The monoisotopic (exact) mass is 400 g/mol. The first-order valence-corrected chi connectivity index (χ1v) is 10.4. The fourth-order valence-corrected chi connectivity index (χ4v) is 5.03. The van der Waals surface area contributed by atoms with Gasteiger partial charge in [0.2, 0.25) is 0 Å². The lowest BCUT2D eigenvalue weighted by Gasteiger charge is -2.29. The Bertz CT molecular complexity index is 1400. The van der Waals surface area contributed by atoms with Crippen LogP contribution in [0.4, 0.5) is 0 Å². The van der Waals surface area contributed by atoms with Gasteiger partial charge < -0.3 is 10.2 Å². The molecule has 0 spiro atoms. The van der Waals surface area contributed by atoms with Crippen molar-refractivity contribution in [2.75, 3.05) is 0 Å². The van der Waals surface area contributed by atoms with Crippen LogP contribution in [0.1, 0.15) is 16.7 Å². The zero-order chi connectivity index (χ0) is 21.0. The lowest BCUT2D eigenvalue weighted by molar-refractivity contribution is 0.132. The molecule has 0 radical (unpaired) electrons. The molecule has 31 heavy (non-hydrogen) atoms. The van der Waals surface area contributed by atoms with Gasteiger partial charge in [0.15, 0.2) is 0 Å². The van der Waals surface area contributed by atoms with Gasteiger partial charge in [-0.15, -0.1) is 0 Å². The van der Waals surface area contributed by atoms with Gasteiger partial charge in [0.05, 0.1) is 0 Å². The number of hydrogen-bond donors (Lipinski definition) is 2. The fourth-order valence-electron chi connectivity index (χ4n) is 5.03. The quantitative estimate of drug-likeness (QED) is 0.356. The minimum atomic E-state index is -1.25. The third-order valence-corrected chi connectivity index (χ3v) is 6.40. The standard InChI is InChI=1S/C29H20O2/c30-21-17-15-19(16-18-21)22-11-5-7-20-8-6-14-27(28(20)22)29(31)25-12-3-1-9-23(25)24-10-2-4-13-26(24)29/h1-18,30-31H. The molecule has 0 amide bonds. The molecule has 0 aliphatic heterocycles. The summed E-state index contributed by atoms with van der Waals surface area (Å²) in [6, 6.07) is 35.8. The average molecular weight is 400 g/mol. The van der Waals surface area contributed by atoms with Gasteiger partial charge in [-0.25, -0.2) is 0 Å². The van der Waals surface area contributed by atoms with Crippen LogP contribution in [0.2, 0.25) is 0 Å². The molecule has 0 heterocycles. The summed E-state index contributed by atoms with van der Waals surface area (Å²) in [7, 11) is 0. The molecule has 0 aromatic heterocycles. The molecule has 0 bridgehead atoms. The van der Waals surface area contributed by atoms with Crippen LogP contribution < -0.4 is 0 Å². The van der Waals surface area contributed by atoms with Gasteiger partial charge in [-0.05, 0) is 45.2 Å². The normalized spacial score (nSPS) is 13.7. The predicted octanol–water partition coefficient (Wildman–Crippen LogP) is 6.48. The van der Waals surface area contributed by atoms with Crippen molar-refractivity contribution in [3.63, 3.8) is 0 Å². The van der Waals surface area contributed by atoms with Crippen LogP contribution >= 0.6 is 0 Å². The second-order valence-corrected chi connectivity index (χ2v) is 8.06. The van der Waals surface area contributed by atoms with Gasteiger partial charge in [0, 0.05) is 16.7 Å². The summed E-state index contributed by atoms with van der Waals surface area (Å²) in [5, 5.41) is 24.3. The smallest absolute Gasteiger partial charge is 0.142 e. The number of benzene rings is 5. The minimum Gasteiger partial charge on any atom is -0.508 e. The van der Waals surface area contributed by atoms with Gasteiger partial charge in [-0.2, -0.15) is 0 Å².